The molecule has 0 aromatic heterocycles. The van der Waals surface area contributed by atoms with Crippen LogP contribution in [0.25, 0.3) is 0 Å². The number of hydrogen-bond acceptors (Lipinski definition) is 3. The van der Waals surface area contributed by atoms with Crippen molar-refractivity contribution in [1.29, 1.82) is 0 Å². The van der Waals surface area contributed by atoms with Gasteiger partial charge in [0.05, 0.1) is 7.11 Å². The molecule has 19 heavy (non-hydrogen) atoms. The summed E-state index contributed by atoms with van der Waals surface area (Å²) in [6, 6.07) is 8.28. The zero-order valence-electron chi connectivity index (χ0n) is 12.3. The van der Waals surface area contributed by atoms with Gasteiger partial charge in [0.15, 0.2) is 0 Å². The van der Waals surface area contributed by atoms with E-state index in [2.05, 4.69) is 18.3 Å². The summed E-state index contributed by atoms with van der Waals surface area (Å²) in [5.41, 5.74) is 1.19. The molecule has 106 valence electrons. The average molecular weight is 264 g/mol. The first kappa shape index (κ1) is 15.5. The number of methoxy groups -OCH3 is 1. The van der Waals surface area contributed by atoms with E-state index in [9.17, 15) is 4.79 Å². The molecule has 0 fully saturated rings. The maximum atomic E-state index is 11.4. The third-order valence-electron chi connectivity index (χ3n) is 3.11. The van der Waals surface area contributed by atoms with E-state index < -0.39 is 0 Å². The van der Waals surface area contributed by atoms with Crippen molar-refractivity contribution in [1.82, 2.24) is 10.2 Å². The minimum absolute atomic E-state index is 0.177. The zero-order chi connectivity index (χ0) is 14.3. The van der Waals surface area contributed by atoms with Crippen molar-refractivity contribution in [3.8, 4) is 5.75 Å². The Hall–Kier alpha value is -1.55. The van der Waals surface area contributed by atoms with Crippen LogP contribution in [0.1, 0.15) is 31.4 Å². The average Bonchev–Trinajstić information content (AvgIpc) is 2.42. The van der Waals surface area contributed by atoms with E-state index in [4.69, 9.17) is 4.74 Å². The standard InChI is InChI=1S/C15H24N2O2/c1-12(13-7-5-8-14(11-13)19-4)16-10-6-9-15(18)17(2)3/h5,7-8,11-12,16H,6,9-10H2,1-4H3/t12-/m1/s1. The topological polar surface area (TPSA) is 41.6 Å². The molecule has 0 saturated heterocycles. The number of carbonyl (C=O) groups is 1. The molecule has 0 aliphatic carbocycles. The van der Waals surface area contributed by atoms with Gasteiger partial charge in [-0.25, -0.2) is 0 Å². The molecule has 0 bridgehead atoms. The molecule has 0 heterocycles. The van der Waals surface area contributed by atoms with Crippen molar-refractivity contribution in [3.63, 3.8) is 0 Å². The number of rotatable bonds is 7. The maximum Gasteiger partial charge on any atom is 0.222 e. The van der Waals surface area contributed by atoms with Crippen molar-refractivity contribution >= 4 is 5.91 Å². The van der Waals surface area contributed by atoms with Gasteiger partial charge in [0.1, 0.15) is 5.75 Å². The van der Waals surface area contributed by atoms with Gasteiger partial charge >= 0.3 is 0 Å². The van der Waals surface area contributed by atoms with Crippen LogP contribution < -0.4 is 10.1 Å². The van der Waals surface area contributed by atoms with Gasteiger partial charge in [-0.15, -0.1) is 0 Å². The van der Waals surface area contributed by atoms with E-state index in [1.54, 1.807) is 26.1 Å². The fourth-order valence-electron chi connectivity index (χ4n) is 1.81. The van der Waals surface area contributed by atoms with Gasteiger partial charge in [-0.1, -0.05) is 12.1 Å². The van der Waals surface area contributed by atoms with E-state index in [1.807, 2.05) is 18.2 Å². The Morgan fingerprint density at radius 2 is 2.16 bits per heavy atom. The number of nitrogens with zero attached hydrogens (tertiary/aromatic N) is 1. The highest BCUT2D eigenvalue weighted by molar-refractivity contribution is 5.75. The third-order valence-corrected chi connectivity index (χ3v) is 3.11. The Balaban J connectivity index is 2.34. The van der Waals surface area contributed by atoms with Gasteiger partial charge in [-0.05, 0) is 37.6 Å². The molecule has 0 spiro atoms. The van der Waals surface area contributed by atoms with Gasteiger partial charge in [0.2, 0.25) is 5.91 Å². The highest BCUT2D eigenvalue weighted by atomic mass is 16.5. The van der Waals surface area contributed by atoms with Gasteiger partial charge in [0, 0.05) is 26.6 Å². The summed E-state index contributed by atoms with van der Waals surface area (Å²) < 4.78 is 5.21. The lowest BCUT2D eigenvalue weighted by Gasteiger charge is -2.15. The van der Waals surface area contributed by atoms with Crippen molar-refractivity contribution in [2.24, 2.45) is 0 Å². The molecule has 1 aromatic carbocycles. The van der Waals surface area contributed by atoms with Crippen LogP contribution in [-0.4, -0.2) is 38.6 Å². The van der Waals surface area contributed by atoms with Crippen LogP contribution in [0.15, 0.2) is 24.3 Å². The van der Waals surface area contributed by atoms with Crippen LogP contribution in [0, 0.1) is 0 Å². The monoisotopic (exact) mass is 264 g/mol. The summed E-state index contributed by atoms with van der Waals surface area (Å²) in [6.07, 6.45) is 1.44. The highest BCUT2D eigenvalue weighted by Crippen LogP contribution is 2.18. The second kappa shape index (κ2) is 7.79. The molecular weight excluding hydrogens is 240 g/mol. The lowest BCUT2D eigenvalue weighted by Crippen LogP contribution is -2.24. The smallest absolute Gasteiger partial charge is 0.222 e. The molecule has 4 heteroatoms. The van der Waals surface area contributed by atoms with Gasteiger partial charge in [-0.2, -0.15) is 0 Å². The molecule has 0 unspecified atom stereocenters. The number of benzene rings is 1. The Morgan fingerprint density at radius 1 is 1.42 bits per heavy atom. The normalized spacial score (nSPS) is 12.0. The number of amides is 1. The maximum absolute atomic E-state index is 11.4. The Labute approximate surface area is 115 Å². The Morgan fingerprint density at radius 3 is 2.79 bits per heavy atom. The molecule has 1 N–H and O–H groups in total. The zero-order valence-corrected chi connectivity index (χ0v) is 12.3. The van der Waals surface area contributed by atoms with Crippen LogP contribution in [0.3, 0.4) is 0 Å². The molecule has 4 nitrogen and oxygen atoms in total. The fourth-order valence-corrected chi connectivity index (χ4v) is 1.81. The second-order valence-electron chi connectivity index (χ2n) is 4.84. The Kier molecular flexibility index (Phi) is 6.36. The molecule has 0 saturated carbocycles. The third kappa shape index (κ3) is 5.30. The first-order valence-electron chi connectivity index (χ1n) is 6.62. The summed E-state index contributed by atoms with van der Waals surface area (Å²) in [7, 11) is 5.24. The van der Waals surface area contributed by atoms with E-state index in [0.29, 0.717) is 6.42 Å². The molecular formula is C15H24N2O2. The largest absolute Gasteiger partial charge is 0.497 e. The molecule has 0 aliphatic rings. The first-order chi connectivity index (χ1) is 9.04. The van der Waals surface area contributed by atoms with Crippen LogP contribution in [0.5, 0.6) is 5.75 Å². The van der Waals surface area contributed by atoms with E-state index in [-0.39, 0.29) is 11.9 Å². The van der Waals surface area contributed by atoms with Crippen LogP contribution >= 0.6 is 0 Å². The molecule has 1 aromatic rings. The molecule has 0 radical (unpaired) electrons. The summed E-state index contributed by atoms with van der Waals surface area (Å²) >= 11 is 0. The fraction of sp³-hybridized carbons (Fsp3) is 0.533. The van der Waals surface area contributed by atoms with Crippen LogP contribution in [0.2, 0.25) is 0 Å². The minimum atomic E-state index is 0.177. The second-order valence-corrected chi connectivity index (χ2v) is 4.84. The van der Waals surface area contributed by atoms with Crippen molar-refractivity contribution < 1.29 is 9.53 Å². The Bertz CT molecular complexity index is 405. The number of carbonyl (C=O) groups excluding carboxylic acids is 1. The summed E-state index contributed by atoms with van der Waals surface area (Å²) in [6.45, 7) is 2.94. The minimum Gasteiger partial charge on any atom is -0.497 e. The van der Waals surface area contributed by atoms with Gasteiger partial charge < -0.3 is 15.0 Å². The molecule has 0 aliphatic heterocycles. The van der Waals surface area contributed by atoms with Crippen LogP contribution in [0.4, 0.5) is 0 Å². The number of hydrogen-bond donors (Lipinski definition) is 1. The quantitative estimate of drug-likeness (QED) is 0.768. The van der Waals surface area contributed by atoms with Crippen molar-refractivity contribution in [3.05, 3.63) is 29.8 Å². The van der Waals surface area contributed by atoms with E-state index in [0.717, 1.165) is 18.7 Å². The lowest BCUT2D eigenvalue weighted by atomic mass is 10.1. The number of nitrogens with one attached hydrogen (secondary N) is 1. The van der Waals surface area contributed by atoms with Crippen molar-refractivity contribution in [2.75, 3.05) is 27.7 Å². The summed E-state index contributed by atoms with van der Waals surface area (Å²) in [5.74, 6) is 1.05. The first-order valence-corrected chi connectivity index (χ1v) is 6.62. The van der Waals surface area contributed by atoms with E-state index >= 15 is 0 Å². The van der Waals surface area contributed by atoms with Crippen LogP contribution in [-0.2, 0) is 4.79 Å². The van der Waals surface area contributed by atoms with E-state index in [1.165, 1.54) is 5.56 Å². The van der Waals surface area contributed by atoms with Gasteiger partial charge in [0.25, 0.3) is 0 Å². The summed E-state index contributed by atoms with van der Waals surface area (Å²) in [4.78, 5) is 13.1. The SMILES string of the molecule is COc1cccc([C@@H](C)NCCCC(=O)N(C)C)c1. The predicted molar refractivity (Wildman–Crippen MR) is 77.3 cm³/mol. The van der Waals surface area contributed by atoms with Gasteiger partial charge in [-0.3, -0.25) is 4.79 Å². The molecule has 1 amide bonds. The summed E-state index contributed by atoms with van der Waals surface area (Å²) in [5, 5.41) is 3.42. The molecule has 1 rings (SSSR count). The predicted octanol–water partition coefficient (Wildman–Crippen LogP) is 2.21. The van der Waals surface area contributed by atoms with Crippen molar-refractivity contribution in [2.45, 2.75) is 25.8 Å². The highest BCUT2D eigenvalue weighted by Gasteiger charge is 2.07. The molecule has 1 atom stereocenters. The lowest BCUT2D eigenvalue weighted by molar-refractivity contribution is -0.128. The number of ether oxygens (including phenoxy) is 1.